The maximum Gasteiger partial charge on any atom is 0.162 e. The zero-order valence-corrected chi connectivity index (χ0v) is 24.0. The molecule has 0 N–H and O–H groups in total. The molecule has 0 bridgehead atoms. The lowest BCUT2D eigenvalue weighted by molar-refractivity contribution is 0.0230. The molecule has 0 radical (unpaired) electrons. The molecule has 0 heterocycles. The Balaban J connectivity index is 1.25. The average molecular weight is 545 g/mol. The molecule has 0 atom stereocenters. The van der Waals surface area contributed by atoms with Crippen molar-refractivity contribution in [3.05, 3.63) is 64.5 Å². The van der Waals surface area contributed by atoms with E-state index in [1.165, 1.54) is 6.07 Å². The van der Waals surface area contributed by atoms with Gasteiger partial charge in [0, 0.05) is 12.7 Å². The van der Waals surface area contributed by atoms with Gasteiger partial charge in [0.2, 0.25) is 0 Å². The van der Waals surface area contributed by atoms with Crippen LogP contribution in [0.15, 0.2) is 30.3 Å². The molecule has 2 aliphatic carbocycles. The maximum absolute atomic E-state index is 15.3. The standard InChI is InChI=1S/C34H47F3O2/c1-3-5-21-38-28-16-13-26(14-17-28)31-20-19-30(33(36)34(31)37)25-10-7-24(8-11-25)9-12-27-15-18-29(23-32(27)35)39-22-6-4-2/h15,18-20,23-26,28H,3-14,16-17,21-22H2,1-2H3. The van der Waals surface area contributed by atoms with Crippen LogP contribution in [0.25, 0.3) is 0 Å². The molecule has 2 fully saturated rings. The molecule has 0 spiro atoms. The molecule has 2 nitrogen and oxygen atoms in total. The van der Waals surface area contributed by atoms with Gasteiger partial charge in [-0.15, -0.1) is 0 Å². The van der Waals surface area contributed by atoms with Crippen LogP contribution in [0, 0.1) is 23.4 Å². The zero-order valence-electron chi connectivity index (χ0n) is 24.0. The van der Waals surface area contributed by atoms with E-state index in [2.05, 4.69) is 13.8 Å². The minimum atomic E-state index is -0.638. The summed E-state index contributed by atoms with van der Waals surface area (Å²) in [5.41, 5.74) is 1.81. The van der Waals surface area contributed by atoms with E-state index < -0.39 is 11.6 Å². The van der Waals surface area contributed by atoms with Gasteiger partial charge in [-0.25, -0.2) is 13.2 Å². The van der Waals surface area contributed by atoms with E-state index in [4.69, 9.17) is 9.47 Å². The van der Waals surface area contributed by atoms with Crippen molar-refractivity contribution >= 4 is 0 Å². The van der Waals surface area contributed by atoms with Crippen LogP contribution in [0.5, 0.6) is 5.75 Å². The summed E-state index contributed by atoms with van der Waals surface area (Å²) in [6, 6.07) is 8.89. The fraction of sp³-hybridized carbons (Fsp3) is 0.647. The number of halogens is 3. The lowest BCUT2D eigenvalue weighted by atomic mass is 9.76. The number of hydrogen-bond donors (Lipinski definition) is 0. The number of ether oxygens (including phenoxy) is 2. The van der Waals surface area contributed by atoms with E-state index in [1.54, 1.807) is 0 Å². The van der Waals surface area contributed by atoms with Crippen LogP contribution < -0.4 is 4.74 Å². The van der Waals surface area contributed by atoms with Crippen LogP contribution in [0.3, 0.4) is 0 Å². The first-order valence-corrected chi connectivity index (χ1v) is 15.5. The second-order valence-corrected chi connectivity index (χ2v) is 11.8. The number of aryl methyl sites for hydroxylation is 1. The summed E-state index contributed by atoms with van der Waals surface area (Å²) in [5.74, 6) is -0.259. The van der Waals surface area contributed by atoms with Gasteiger partial charge in [-0.1, -0.05) is 44.9 Å². The van der Waals surface area contributed by atoms with Crippen molar-refractivity contribution in [2.24, 2.45) is 5.92 Å². The third kappa shape index (κ3) is 8.25. The summed E-state index contributed by atoms with van der Waals surface area (Å²) in [6.45, 7) is 5.66. The lowest BCUT2D eigenvalue weighted by Crippen LogP contribution is -2.22. The van der Waals surface area contributed by atoms with Crippen molar-refractivity contribution in [1.29, 1.82) is 0 Å². The van der Waals surface area contributed by atoms with Crippen LogP contribution in [-0.2, 0) is 11.2 Å². The Bertz CT molecular complexity index is 1020. The Morgan fingerprint density at radius 1 is 0.718 bits per heavy atom. The van der Waals surface area contributed by atoms with Crippen LogP contribution in [0.4, 0.5) is 13.2 Å². The van der Waals surface area contributed by atoms with Crippen molar-refractivity contribution < 1.29 is 22.6 Å². The number of hydrogen-bond acceptors (Lipinski definition) is 2. The molecule has 0 aliphatic heterocycles. The molecule has 0 amide bonds. The van der Waals surface area contributed by atoms with Gasteiger partial charge in [0.05, 0.1) is 12.7 Å². The molecule has 2 aliphatic rings. The van der Waals surface area contributed by atoms with E-state index >= 15 is 8.78 Å². The molecule has 39 heavy (non-hydrogen) atoms. The van der Waals surface area contributed by atoms with Gasteiger partial charge in [0.15, 0.2) is 11.6 Å². The van der Waals surface area contributed by atoms with E-state index in [0.717, 1.165) is 95.6 Å². The summed E-state index contributed by atoms with van der Waals surface area (Å²) in [7, 11) is 0. The molecule has 5 heteroatoms. The number of rotatable bonds is 13. The first-order valence-electron chi connectivity index (χ1n) is 15.5. The molecule has 0 unspecified atom stereocenters. The Kier molecular flexibility index (Phi) is 11.6. The molecule has 216 valence electrons. The van der Waals surface area contributed by atoms with Gasteiger partial charge >= 0.3 is 0 Å². The van der Waals surface area contributed by atoms with E-state index in [0.29, 0.717) is 35.8 Å². The Labute approximate surface area is 233 Å². The van der Waals surface area contributed by atoms with Crippen LogP contribution in [0.2, 0.25) is 0 Å². The van der Waals surface area contributed by atoms with Crippen molar-refractivity contribution in [2.75, 3.05) is 13.2 Å². The van der Waals surface area contributed by atoms with Gasteiger partial charge in [0.1, 0.15) is 11.6 Å². The second kappa shape index (κ2) is 15.1. The summed E-state index contributed by atoms with van der Waals surface area (Å²) in [5, 5.41) is 0. The normalized spacial score (nSPS) is 23.6. The van der Waals surface area contributed by atoms with Crippen LogP contribution >= 0.6 is 0 Å². The van der Waals surface area contributed by atoms with Crippen molar-refractivity contribution in [3.63, 3.8) is 0 Å². The fourth-order valence-corrected chi connectivity index (χ4v) is 6.42. The van der Waals surface area contributed by atoms with E-state index in [-0.39, 0.29) is 23.8 Å². The number of unbranched alkanes of at least 4 members (excludes halogenated alkanes) is 2. The van der Waals surface area contributed by atoms with Crippen LogP contribution in [-0.4, -0.2) is 19.3 Å². The van der Waals surface area contributed by atoms with E-state index in [1.807, 2.05) is 24.3 Å². The highest BCUT2D eigenvalue weighted by molar-refractivity contribution is 5.32. The molecule has 2 aromatic carbocycles. The molecule has 4 rings (SSSR count). The molecule has 0 saturated heterocycles. The zero-order chi connectivity index (χ0) is 27.6. The smallest absolute Gasteiger partial charge is 0.162 e. The highest BCUT2D eigenvalue weighted by atomic mass is 19.2. The predicted octanol–water partition coefficient (Wildman–Crippen LogP) is 10.0. The van der Waals surface area contributed by atoms with Crippen molar-refractivity contribution in [2.45, 2.75) is 122 Å². The quantitative estimate of drug-likeness (QED) is 0.234. The fourth-order valence-electron chi connectivity index (χ4n) is 6.42. The lowest BCUT2D eigenvalue weighted by Gasteiger charge is -2.31. The summed E-state index contributed by atoms with van der Waals surface area (Å²) >= 11 is 0. The Morgan fingerprint density at radius 2 is 1.31 bits per heavy atom. The molecule has 2 saturated carbocycles. The molecule has 0 aromatic heterocycles. The van der Waals surface area contributed by atoms with Gasteiger partial charge in [0.25, 0.3) is 0 Å². The monoisotopic (exact) mass is 544 g/mol. The third-order valence-electron chi connectivity index (χ3n) is 9.01. The van der Waals surface area contributed by atoms with Gasteiger partial charge in [-0.05, 0) is 118 Å². The predicted molar refractivity (Wildman–Crippen MR) is 152 cm³/mol. The topological polar surface area (TPSA) is 18.5 Å². The largest absolute Gasteiger partial charge is 0.493 e. The number of benzene rings is 2. The van der Waals surface area contributed by atoms with Crippen LogP contribution in [0.1, 0.15) is 126 Å². The highest BCUT2D eigenvalue weighted by Gasteiger charge is 2.30. The summed E-state index contributed by atoms with van der Waals surface area (Å²) in [4.78, 5) is 0. The SMILES string of the molecule is CCCCOc1ccc(CCC2CCC(c3ccc(C4CCC(OCCCC)CC4)c(F)c3F)CC2)c(F)c1. The minimum absolute atomic E-state index is 0.0591. The van der Waals surface area contributed by atoms with Gasteiger partial charge in [-0.3, -0.25) is 0 Å². The molecular weight excluding hydrogens is 497 g/mol. The highest BCUT2D eigenvalue weighted by Crippen LogP contribution is 2.41. The third-order valence-corrected chi connectivity index (χ3v) is 9.01. The Hall–Kier alpha value is -2.01. The average Bonchev–Trinajstić information content (AvgIpc) is 2.95. The van der Waals surface area contributed by atoms with Crippen molar-refractivity contribution in [3.8, 4) is 5.75 Å². The summed E-state index contributed by atoms with van der Waals surface area (Å²) in [6.07, 6.45) is 13.3. The minimum Gasteiger partial charge on any atom is -0.493 e. The van der Waals surface area contributed by atoms with Crippen molar-refractivity contribution in [1.82, 2.24) is 0 Å². The Morgan fingerprint density at radius 3 is 1.90 bits per heavy atom. The molecule has 2 aromatic rings. The second-order valence-electron chi connectivity index (χ2n) is 11.8. The maximum atomic E-state index is 15.3. The first-order chi connectivity index (χ1) is 19.0. The first kappa shape index (κ1) is 30.0. The van der Waals surface area contributed by atoms with E-state index in [9.17, 15) is 4.39 Å². The van der Waals surface area contributed by atoms with Gasteiger partial charge < -0.3 is 9.47 Å². The van der Waals surface area contributed by atoms with Gasteiger partial charge in [-0.2, -0.15) is 0 Å². The summed E-state index contributed by atoms with van der Waals surface area (Å²) < 4.78 is 56.6. The molecular formula is C34H47F3O2.